The first-order valence-electron chi connectivity index (χ1n) is 6.62. The summed E-state index contributed by atoms with van der Waals surface area (Å²) in [5.74, 6) is -0.112. The minimum Gasteiger partial charge on any atom is -0.351 e. The van der Waals surface area contributed by atoms with Crippen LogP contribution in [0.3, 0.4) is 0 Å². The van der Waals surface area contributed by atoms with E-state index in [-0.39, 0.29) is 18.2 Å². The van der Waals surface area contributed by atoms with E-state index in [1.807, 2.05) is 0 Å². The summed E-state index contributed by atoms with van der Waals surface area (Å²) in [4.78, 5) is 16.2. The number of hydrogen-bond acceptors (Lipinski definition) is 5. The Hall–Kier alpha value is -2.00. The minimum absolute atomic E-state index is 0.193. The molecule has 9 heteroatoms. The van der Waals surface area contributed by atoms with Gasteiger partial charge in [-0.25, -0.2) is 22.2 Å². The Bertz CT molecular complexity index is 770. The summed E-state index contributed by atoms with van der Waals surface area (Å²) >= 11 is 0. The van der Waals surface area contributed by atoms with E-state index in [4.69, 9.17) is 0 Å². The predicted molar refractivity (Wildman–Crippen MR) is 75.3 cm³/mol. The maximum atomic E-state index is 12.1. The van der Waals surface area contributed by atoms with Gasteiger partial charge in [0.1, 0.15) is 5.56 Å². The number of fused-ring (bicyclic) bond motifs is 1. The second-order valence-corrected chi connectivity index (χ2v) is 6.86. The highest BCUT2D eigenvalue weighted by Gasteiger charge is 2.27. The summed E-state index contributed by atoms with van der Waals surface area (Å²) in [6.45, 7) is 1.08. The van der Waals surface area contributed by atoms with Gasteiger partial charge >= 0.3 is 0 Å². The SMILES string of the molecule is O=C(NCCN1CCCS1(=O)=O)c1cnn2cccnc12. The van der Waals surface area contributed by atoms with E-state index in [2.05, 4.69) is 15.4 Å². The largest absolute Gasteiger partial charge is 0.351 e. The van der Waals surface area contributed by atoms with Gasteiger partial charge < -0.3 is 5.32 Å². The number of sulfonamides is 1. The lowest BCUT2D eigenvalue weighted by Crippen LogP contribution is -2.35. The number of carbonyl (C=O) groups is 1. The number of nitrogens with one attached hydrogen (secondary N) is 1. The van der Waals surface area contributed by atoms with Crippen molar-refractivity contribution in [1.82, 2.24) is 24.2 Å². The fraction of sp³-hybridized carbons (Fsp3) is 0.417. The highest BCUT2D eigenvalue weighted by molar-refractivity contribution is 7.89. The third-order valence-electron chi connectivity index (χ3n) is 3.37. The monoisotopic (exact) mass is 309 g/mol. The van der Waals surface area contributed by atoms with Crippen LogP contribution >= 0.6 is 0 Å². The van der Waals surface area contributed by atoms with Gasteiger partial charge in [0.15, 0.2) is 5.65 Å². The molecule has 2 aromatic rings. The predicted octanol–water partition coefficient (Wildman–Crippen LogP) is -0.505. The quantitative estimate of drug-likeness (QED) is 0.821. The zero-order valence-corrected chi connectivity index (χ0v) is 12.1. The van der Waals surface area contributed by atoms with E-state index in [1.165, 1.54) is 15.0 Å². The molecule has 1 aliphatic rings. The Labute approximate surface area is 121 Å². The number of nitrogens with zero attached hydrogens (tertiary/aromatic N) is 4. The number of rotatable bonds is 4. The topological polar surface area (TPSA) is 96.7 Å². The standard InChI is InChI=1S/C12H15N5O3S/c18-12(10-9-15-17-6-1-3-13-11(10)17)14-4-7-16-5-2-8-21(16,19)20/h1,3,6,9H,2,4-5,7-8H2,(H,14,18). The molecule has 0 aliphatic carbocycles. The van der Waals surface area contributed by atoms with Crippen molar-refractivity contribution in [3.63, 3.8) is 0 Å². The summed E-state index contributed by atoms with van der Waals surface area (Å²) in [6.07, 6.45) is 5.39. The molecule has 0 radical (unpaired) electrons. The van der Waals surface area contributed by atoms with Crippen LogP contribution in [-0.2, 0) is 10.0 Å². The second-order valence-electron chi connectivity index (χ2n) is 4.77. The summed E-state index contributed by atoms with van der Waals surface area (Å²) in [7, 11) is -3.12. The van der Waals surface area contributed by atoms with E-state index < -0.39 is 10.0 Å². The Morgan fingerprint density at radius 2 is 2.29 bits per heavy atom. The number of amides is 1. The van der Waals surface area contributed by atoms with Crippen molar-refractivity contribution in [1.29, 1.82) is 0 Å². The van der Waals surface area contributed by atoms with Gasteiger partial charge in [0, 0.05) is 32.0 Å². The molecule has 0 saturated carbocycles. The molecule has 1 saturated heterocycles. The molecule has 0 unspecified atom stereocenters. The smallest absolute Gasteiger partial charge is 0.256 e. The zero-order chi connectivity index (χ0) is 14.9. The van der Waals surface area contributed by atoms with Gasteiger partial charge in [0.25, 0.3) is 5.91 Å². The Kier molecular flexibility index (Phi) is 3.60. The van der Waals surface area contributed by atoms with Crippen LogP contribution in [0, 0.1) is 0 Å². The molecule has 3 heterocycles. The minimum atomic E-state index is -3.12. The first kappa shape index (κ1) is 14.0. The highest BCUT2D eigenvalue weighted by atomic mass is 32.2. The van der Waals surface area contributed by atoms with Crippen LogP contribution in [0.25, 0.3) is 5.65 Å². The molecule has 0 aromatic carbocycles. The van der Waals surface area contributed by atoms with Gasteiger partial charge in [-0.3, -0.25) is 4.79 Å². The Morgan fingerprint density at radius 3 is 3.05 bits per heavy atom. The summed E-state index contributed by atoms with van der Waals surface area (Å²) in [5, 5.41) is 6.74. The van der Waals surface area contributed by atoms with Crippen LogP contribution in [0.5, 0.6) is 0 Å². The van der Waals surface area contributed by atoms with E-state index in [0.717, 1.165) is 0 Å². The van der Waals surface area contributed by atoms with Crippen molar-refractivity contribution in [2.75, 3.05) is 25.4 Å². The molecular formula is C12H15N5O3S. The molecule has 1 amide bonds. The molecule has 0 atom stereocenters. The third kappa shape index (κ3) is 2.74. The van der Waals surface area contributed by atoms with Gasteiger partial charge in [0.2, 0.25) is 10.0 Å². The van der Waals surface area contributed by atoms with Crippen molar-refractivity contribution in [2.24, 2.45) is 0 Å². The van der Waals surface area contributed by atoms with Crippen molar-refractivity contribution in [2.45, 2.75) is 6.42 Å². The number of carbonyl (C=O) groups excluding carboxylic acids is 1. The van der Waals surface area contributed by atoms with Gasteiger partial charge in [-0.15, -0.1) is 0 Å². The lowest BCUT2D eigenvalue weighted by atomic mass is 10.3. The maximum Gasteiger partial charge on any atom is 0.256 e. The molecule has 1 N–H and O–H groups in total. The Morgan fingerprint density at radius 1 is 1.43 bits per heavy atom. The molecule has 21 heavy (non-hydrogen) atoms. The maximum absolute atomic E-state index is 12.1. The first-order chi connectivity index (χ1) is 10.1. The van der Waals surface area contributed by atoms with E-state index in [9.17, 15) is 13.2 Å². The van der Waals surface area contributed by atoms with Crippen molar-refractivity contribution in [3.8, 4) is 0 Å². The van der Waals surface area contributed by atoms with Gasteiger partial charge in [-0.05, 0) is 12.5 Å². The van der Waals surface area contributed by atoms with E-state index >= 15 is 0 Å². The van der Waals surface area contributed by atoms with Gasteiger partial charge in [-0.2, -0.15) is 5.10 Å². The van der Waals surface area contributed by atoms with Crippen LogP contribution in [0.15, 0.2) is 24.7 Å². The third-order valence-corrected chi connectivity index (χ3v) is 5.33. The van der Waals surface area contributed by atoms with Crippen LogP contribution in [0.4, 0.5) is 0 Å². The molecule has 1 aliphatic heterocycles. The highest BCUT2D eigenvalue weighted by Crippen LogP contribution is 2.12. The van der Waals surface area contributed by atoms with Crippen LogP contribution in [0.1, 0.15) is 16.8 Å². The number of hydrogen-bond donors (Lipinski definition) is 1. The molecule has 112 valence electrons. The molecule has 1 fully saturated rings. The Balaban J connectivity index is 1.62. The van der Waals surface area contributed by atoms with Gasteiger partial charge in [-0.1, -0.05) is 0 Å². The average Bonchev–Trinajstić information content (AvgIpc) is 3.02. The van der Waals surface area contributed by atoms with Crippen LogP contribution in [0.2, 0.25) is 0 Å². The fourth-order valence-corrected chi connectivity index (χ4v) is 3.85. The molecular weight excluding hydrogens is 294 g/mol. The fourth-order valence-electron chi connectivity index (χ4n) is 2.32. The lowest BCUT2D eigenvalue weighted by molar-refractivity contribution is 0.0953. The average molecular weight is 309 g/mol. The molecule has 0 bridgehead atoms. The molecule has 0 spiro atoms. The van der Waals surface area contributed by atoms with Gasteiger partial charge in [0.05, 0.1) is 11.9 Å². The van der Waals surface area contributed by atoms with Crippen molar-refractivity contribution in [3.05, 3.63) is 30.2 Å². The molecule has 3 rings (SSSR count). The zero-order valence-electron chi connectivity index (χ0n) is 11.3. The van der Waals surface area contributed by atoms with Crippen LogP contribution in [-0.4, -0.2) is 58.6 Å². The molecule has 2 aromatic heterocycles. The summed E-state index contributed by atoms with van der Waals surface area (Å²) < 4.78 is 26.2. The van der Waals surface area contributed by atoms with E-state index in [1.54, 1.807) is 18.5 Å². The molecule has 8 nitrogen and oxygen atoms in total. The van der Waals surface area contributed by atoms with E-state index in [0.29, 0.717) is 30.7 Å². The first-order valence-corrected chi connectivity index (χ1v) is 8.23. The van der Waals surface area contributed by atoms with Crippen molar-refractivity contribution < 1.29 is 13.2 Å². The van der Waals surface area contributed by atoms with Crippen molar-refractivity contribution >= 4 is 21.6 Å². The number of aromatic nitrogens is 3. The summed E-state index contributed by atoms with van der Waals surface area (Å²) in [5.41, 5.74) is 0.851. The normalized spacial score (nSPS) is 18.1. The summed E-state index contributed by atoms with van der Waals surface area (Å²) in [6, 6.07) is 1.72. The second kappa shape index (κ2) is 5.41. The lowest BCUT2D eigenvalue weighted by Gasteiger charge is -2.14. The van der Waals surface area contributed by atoms with Crippen LogP contribution < -0.4 is 5.32 Å².